The number of nitrogens with one attached hydrogen (secondary N) is 3. The molecule has 2 aromatic heterocycles. The van der Waals surface area contributed by atoms with Gasteiger partial charge in [-0.1, -0.05) is 32.1 Å². The van der Waals surface area contributed by atoms with E-state index in [1.807, 2.05) is 18.2 Å². The van der Waals surface area contributed by atoms with Crippen molar-refractivity contribution < 1.29 is 19.5 Å². The largest absolute Gasteiger partial charge is 0.465 e. The van der Waals surface area contributed by atoms with Crippen LogP contribution >= 0.6 is 0 Å². The summed E-state index contributed by atoms with van der Waals surface area (Å²) >= 11 is 0. The molecule has 11 nitrogen and oxygen atoms in total. The van der Waals surface area contributed by atoms with Crippen molar-refractivity contribution >= 4 is 34.6 Å². The summed E-state index contributed by atoms with van der Waals surface area (Å²) < 4.78 is 1.42. The molecule has 0 aliphatic carbocycles. The number of aromatic nitrogens is 3. The number of benzene rings is 1. The van der Waals surface area contributed by atoms with E-state index < -0.39 is 23.6 Å². The van der Waals surface area contributed by atoms with Gasteiger partial charge in [0, 0.05) is 20.3 Å². The molecule has 2 heterocycles. The molecule has 11 heteroatoms. The Labute approximate surface area is 220 Å². The molecule has 3 amide bonds. The Hall–Kier alpha value is -4.41. The summed E-state index contributed by atoms with van der Waals surface area (Å²) in [7, 11) is 3.22. The summed E-state index contributed by atoms with van der Waals surface area (Å²) in [5.74, 6) is 0.185. The zero-order valence-electron chi connectivity index (χ0n) is 22.0. The highest BCUT2D eigenvalue weighted by Crippen LogP contribution is 2.20. The van der Waals surface area contributed by atoms with Crippen molar-refractivity contribution in [3.8, 4) is 0 Å². The summed E-state index contributed by atoms with van der Waals surface area (Å²) in [6.07, 6.45) is 4.42. The van der Waals surface area contributed by atoms with Gasteiger partial charge in [0.1, 0.15) is 17.6 Å². The van der Waals surface area contributed by atoms with Crippen LogP contribution in [0.3, 0.4) is 0 Å². The van der Waals surface area contributed by atoms with Gasteiger partial charge in [0.25, 0.3) is 5.56 Å². The van der Waals surface area contributed by atoms with Crippen molar-refractivity contribution in [3.05, 3.63) is 70.4 Å². The van der Waals surface area contributed by atoms with E-state index in [0.717, 1.165) is 23.0 Å². The molecular weight excluding hydrogens is 488 g/mol. The maximum atomic E-state index is 13.1. The number of anilines is 1. The van der Waals surface area contributed by atoms with Gasteiger partial charge in [-0.25, -0.2) is 9.78 Å². The molecule has 3 rings (SSSR count). The van der Waals surface area contributed by atoms with Gasteiger partial charge >= 0.3 is 6.09 Å². The molecule has 0 spiro atoms. The van der Waals surface area contributed by atoms with Crippen molar-refractivity contribution in [2.24, 2.45) is 5.92 Å². The van der Waals surface area contributed by atoms with E-state index in [2.05, 4.69) is 29.5 Å². The monoisotopic (exact) mass is 522 g/mol. The molecule has 0 saturated heterocycles. The number of rotatable bonds is 11. The number of nitrogens with zero attached hydrogens (tertiary/aromatic N) is 3. The number of amides is 3. The molecule has 3 aromatic rings. The summed E-state index contributed by atoms with van der Waals surface area (Å²) in [5, 5.41) is 13.9. The number of hydrogen-bond donors (Lipinski definition) is 4. The van der Waals surface area contributed by atoms with Crippen LogP contribution in [0, 0.1) is 5.92 Å². The Kier molecular flexibility index (Phi) is 9.42. The lowest BCUT2D eigenvalue weighted by molar-refractivity contribution is -0.123. The van der Waals surface area contributed by atoms with Crippen LogP contribution in [0.25, 0.3) is 11.0 Å². The number of aromatic amines is 1. The number of likely N-dealkylation sites (N-methyl/N-ethyl adjacent to an activating group) is 1. The second-order valence-electron chi connectivity index (χ2n) is 9.65. The van der Waals surface area contributed by atoms with Gasteiger partial charge in [0.2, 0.25) is 11.8 Å². The lowest BCUT2D eigenvalue weighted by Gasteiger charge is -2.16. The number of pyridine rings is 1. The highest BCUT2D eigenvalue weighted by Gasteiger charge is 2.21. The average Bonchev–Trinajstić information content (AvgIpc) is 3.26. The van der Waals surface area contributed by atoms with Crippen molar-refractivity contribution in [2.75, 3.05) is 19.4 Å². The van der Waals surface area contributed by atoms with Crippen molar-refractivity contribution in [3.63, 3.8) is 0 Å². The maximum Gasteiger partial charge on any atom is 0.405 e. The third-order valence-electron chi connectivity index (χ3n) is 5.81. The molecular formula is C27H34N6O5. The minimum Gasteiger partial charge on any atom is -0.465 e. The SMILES string of the molecule is CC(C)Cc1cccc2[nH]c(Cn3cccc(NC(=O)C(CC/C=C/C(=O)N(C)C)NC(=O)O)c3=O)nc12. The fourth-order valence-corrected chi connectivity index (χ4v) is 3.97. The molecule has 4 N–H and O–H groups in total. The van der Waals surface area contributed by atoms with Crippen LogP contribution in [0.4, 0.5) is 10.5 Å². The van der Waals surface area contributed by atoms with Crippen LogP contribution in [0.1, 0.15) is 38.1 Å². The zero-order chi connectivity index (χ0) is 27.8. The quantitative estimate of drug-likeness (QED) is 0.285. The molecule has 0 radical (unpaired) electrons. The minimum absolute atomic E-state index is 0.0182. The highest BCUT2D eigenvalue weighted by atomic mass is 16.4. The molecule has 0 aliphatic rings. The first kappa shape index (κ1) is 28.2. The molecule has 0 aliphatic heterocycles. The Morgan fingerprint density at radius 1 is 1.18 bits per heavy atom. The van der Waals surface area contributed by atoms with Gasteiger partial charge in [-0.3, -0.25) is 14.4 Å². The maximum absolute atomic E-state index is 13.1. The Balaban J connectivity index is 1.74. The lowest BCUT2D eigenvalue weighted by Crippen LogP contribution is -2.44. The van der Waals surface area contributed by atoms with Gasteiger partial charge in [-0.2, -0.15) is 0 Å². The van der Waals surface area contributed by atoms with E-state index >= 15 is 0 Å². The molecule has 0 bridgehead atoms. The molecule has 1 unspecified atom stereocenters. The van der Waals surface area contributed by atoms with Crippen molar-refractivity contribution in [1.29, 1.82) is 0 Å². The average molecular weight is 523 g/mol. The normalized spacial score (nSPS) is 12.1. The second-order valence-corrected chi connectivity index (χ2v) is 9.65. The van der Waals surface area contributed by atoms with Gasteiger partial charge < -0.3 is 30.2 Å². The molecule has 0 fully saturated rings. The topological polar surface area (TPSA) is 149 Å². The fraction of sp³-hybridized carbons (Fsp3) is 0.370. The summed E-state index contributed by atoms with van der Waals surface area (Å²) in [4.78, 5) is 58.2. The predicted octanol–water partition coefficient (Wildman–Crippen LogP) is 2.97. The van der Waals surface area contributed by atoms with Crippen molar-refractivity contribution in [2.45, 2.75) is 45.7 Å². The Bertz CT molecular complexity index is 1390. The van der Waals surface area contributed by atoms with E-state index in [1.165, 1.54) is 21.6 Å². The Morgan fingerprint density at radius 2 is 1.95 bits per heavy atom. The number of imidazole rings is 1. The fourth-order valence-electron chi connectivity index (χ4n) is 3.97. The van der Waals surface area contributed by atoms with Gasteiger partial charge in [-0.05, 0) is 55.0 Å². The van der Waals surface area contributed by atoms with Crippen LogP contribution in [0.2, 0.25) is 0 Å². The van der Waals surface area contributed by atoms with Gasteiger partial charge in [0.05, 0.1) is 17.6 Å². The van der Waals surface area contributed by atoms with Crippen LogP contribution in [-0.2, 0) is 22.6 Å². The zero-order valence-corrected chi connectivity index (χ0v) is 22.0. The van der Waals surface area contributed by atoms with E-state index in [-0.39, 0.29) is 31.0 Å². The number of para-hydroxylation sites is 1. The number of carbonyl (C=O) groups excluding carboxylic acids is 2. The number of H-pyrrole nitrogens is 1. The van der Waals surface area contributed by atoms with E-state index in [4.69, 9.17) is 10.1 Å². The third kappa shape index (κ3) is 7.55. The molecule has 0 saturated carbocycles. The number of allylic oxidation sites excluding steroid dienone is 1. The predicted molar refractivity (Wildman–Crippen MR) is 145 cm³/mol. The first-order chi connectivity index (χ1) is 18.0. The summed E-state index contributed by atoms with van der Waals surface area (Å²) in [6, 6.07) is 7.93. The number of carbonyl (C=O) groups is 3. The smallest absolute Gasteiger partial charge is 0.405 e. The van der Waals surface area contributed by atoms with Crippen LogP contribution in [0.15, 0.2) is 53.5 Å². The molecule has 1 atom stereocenters. The highest BCUT2D eigenvalue weighted by molar-refractivity contribution is 5.96. The number of carboxylic acid groups (broad SMARTS) is 1. The van der Waals surface area contributed by atoms with Crippen LogP contribution in [-0.4, -0.2) is 62.6 Å². The minimum atomic E-state index is -1.37. The standard InChI is InChI=1S/C27H34N6O5/c1-17(2)15-18-9-7-11-19-24(18)31-22(28-19)16-33-14-8-12-21(26(33)36)29-25(35)20(30-27(37)38)10-5-6-13-23(34)32(3)4/h6-9,11-14,17,20,30H,5,10,15-16H2,1-4H3,(H,28,31)(H,29,35)(H,37,38)/b13-6+. The second kappa shape index (κ2) is 12.7. The first-order valence-electron chi connectivity index (χ1n) is 12.4. The molecule has 202 valence electrons. The van der Waals surface area contributed by atoms with Crippen LogP contribution < -0.4 is 16.2 Å². The molecule has 1 aromatic carbocycles. The van der Waals surface area contributed by atoms with Gasteiger partial charge in [0.15, 0.2) is 0 Å². The van der Waals surface area contributed by atoms with E-state index in [1.54, 1.807) is 32.4 Å². The van der Waals surface area contributed by atoms with E-state index in [0.29, 0.717) is 11.7 Å². The first-order valence-corrected chi connectivity index (χ1v) is 12.4. The van der Waals surface area contributed by atoms with Gasteiger partial charge in [-0.15, -0.1) is 0 Å². The molecule has 38 heavy (non-hydrogen) atoms. The third-order valence-corrected chi connectivity index (χ3v) is 5.81. The lowest BCUT2D eigenvalue weighted by atomic mass is 10.0. The van der Waals surface area contributed by atoms with E-state index in [9.17, 15) is 19.2 Å². The van der Waals surface area contributed by atoms with Crippen LogP contribution in [0.5, 0.6) is 0 Å². The number of hydrogen-bond acceptors (Lipinski definition) is 5. The summed E-state index contributed by atoms with van der Waals surface area (Å²) in [6.45, 7) is 4.45. The Morgan fingerprint density at radius 3 is 2.63 bits per heavy atom. The number of fused-ring (bicyclic) bond motifs is 1. The summed E-state index contributed by atoms with van der Waals surface area (Å²) in [5.41, 5.74) is 2.46. The van der Waals surface area contributed by atoms with Crippen molar-refractivity contribution in [1.82, 2.24) is 24.8 Å².